The van der Waals surface area contributed by atoms with E-state index in [1.165, 1.54) is 34.9 Å². The van der Waals surface area contributed by atoms with Crippen LogP contribution in [0.4, 0.5) is 14.5 Å². The number of anilines is 1. The van der Waals surface area contributed by atoms with Crippen molar-refractivity contribution in [2.24, 2.45) is 0 Å². The van der Waals surface area contributed by atoms with Crippen molar-refractivity contribution in [3.63, 3.8) is 0 Å². The summed E-state index contributed by atoms with van der Waals surface area (Å²) in [5.74, 6) is -0.794. The molecule has 3 rings (SSSR count). The predicted molar refractivity (Wildman–Crippen MR) is 91.2 cm³/mol. The number of amides is 1. The fourth-order valence-electron chi connectivity index (χ4n) is 2.03. The molecule has 2 aromatic heterocycles. The van der Waals surface area contributed by atoms with E-state index in [1.807, 2.05) is 6.92 Å². The maximum Gasteiger partial charge on any atom is 0.324 e. The first-order valence-electron chi connectivity index (χ1n) is 6.71. The normalized spacial score (nSPS) is 10.6. The molecule has 1 amide bonds. The Hall–Kier alpha value is -2.65. The Morgan fingerprint density at radius 3 is 2.67 bits per heavy atom. The average molecular weight is 363 g/mol. The lowest BCUT2D eigenvalue weighted by molar-refractivity contribution is -0.380. The van der Waals surface area contributed by atoms with Crippen LogP contribution in [-0.2, 0) is 0 Å². The first kappa shape index (κ1) is 16.2. The first-order valence-corrected chi connectivity index (χ1v) is 8.41. The molecule has 9 heteroatoms. The van der Waals surface area contributed by atoms with Gasteiger partial charge in [-0.15, -0.1) is 11.3 Å². The topological polar surface area (TPSA) is 85.1 Å². The number of rotatable bonds is 4. The number of nitrogens with one attached hydrogen (secondary N) is 1. The highest BCUT2D eigenvalue weighted by Gasteiger charge is 2.17. The van der Waals surface area contributed by atoms with Crippen LogP contribution in [0.25, 0.3) is 11.3 Å². The van der Waals surface area contributed by atoms with Gasteiger partial charge in [0.1, 0.15) is 5.82 Å². The minimum absolute atomic E-state index is 0.0949. The van der Waals surface area contributed by atoms with Gasteiger partial charge in [0, 0.05) is 21.9 Å². The van der Waals surface area contributed by atoms with Crippen molar-refractivity contribution in [3.8, 4) is 11.3 Å². The number of thiophene rings is 1. The third-order valence-electron chi connectivity index (χ3n) is 3.16. The Kier molecular flexibility index (Phi) is 4.36. The van der Waals surface area contributed by atoms with Gasteiger partial charge in [0.15, 0.2) is 5.13 Å². The summed E-state index contributed by atoms with van der Waals surface area (Å²) in [5.41, 5.74) is 1.62. The predicted octanol–water partition coefficient (Wildman–Crippen LogP) is 4.48. The van der Waals surface area contributed by atoms with E-state index in [-0.39, 0.29) is 16.4 Å². The third kappa shape index (κ3) is 3.31. The summed E-state index contributed by atoms with van der Waals surface area (Å²) in [5, 5.41) is 15.0. The molecule has 0 saturated heterocycles. The summed E-state index contributed by atoms with van der Waals surface area (Å²) < 4.78 is 13.0. The number of nitro groups is 1. The summed E-state index contributed by atoms with van der Waals surface area (Å²) in [7, 11) is 0. The van der Waals surface area contributed by atoms with Crippen molar-refractivity contribution in [3.05, 3.63) is 62.1 Å². The SMILES string of the molecule is Cc1sc(NC(=O)c2csc([N+](=O)[O-])c2)nc1-c1ccc(F)cc1. The van der Waals surface area contributed by atoms with Crippen molar-refractivity contribution >= 4 is 38.7 Å². The largest absolute Gasteiger partial charge is 0.324 e. The van der Waals surface area contributed by atoms with E-state index in [0.29, 0.717) is 10.8 Å². The molecule has 0 unspecified atom stereocenters. The molecular weight excluding hydrogens is 353 g/mol. The summed E-state index contributed by atoms with van der Waals surface area (Å²) >= 11 is 2.17. The van der Waals surface area contributed by atoms with Crippen LogP contribution in [0, 0.1) is 22.9 Å². The number of aryl methyl sites for hydroxylation is 1. The number of carbonyl (C=O) groups is 1. The molecule has 1 N–H and O–H groups in total. The molecule has 3 aromatic rings. The van der Waals surface area contributed by atoms with Crippen LogP contribution in [-0.4, -0.2) is 15.8 Å². The standard InChI is InChI=1S/C15H10FN3O3S2/c1-8-13(9-2-4-11(16)5-3-9)17-15(24-8)18-14(20)10-6-12(19(21)22)23-7-10/h2-7H,1H3,(H,17,18,20). The highest BCUT2D eigenvalue weighted by Crippen LogP contribution is 2.31. The van der Waals surface area contributed by atoms with Gasteiger partial charge in [0.2, 0.25) is 0 Å². The highest BCUT2D eigenvalue weighted by atomic mass is 32.1. The molecule has 2 heterocycles. The zero-order valence-electron chi connectivity index (χ0n) is 12.3. The fourth-order valence-corrected chi connectivity index (χ4v) is 3.57. The van der Waals surface area contributed by atoms with Gasteiger partial charge in [-0.05, 0) is 31.2 Å². The molecule has 0 radical (unpaired) electrons. The molecule has 0 aliphatic rings. The molecule has 0 saturated carbocycles. The van der Waals surface area contributed by atoms with Crippen molar-refractivity contribution < 1.29 is 14.1 Å². The van der Waals surface area contributed by atoms with Gasteiger partial charge >= 0.3 is 5.00 Å². The summed E-state index contributed by atoms with van der Waals surface area (Å²) in [6.07, 6.45) is 0. The quantitative estimate of drug-likeness (QED) is 0.547. The van der Waals surface area contributed by atoms with Crippen LogP contribution >= 0.6 is 22.7 Å². The lowest BCUT2D eigenvalue weighted by atomic mass is 10.1. The maximum atomic E-state index is 13.0. The van der Waals surface area contributed by atoms with Gasteiger partial charge in [-0.25, -0.2) is 9.37 Å². The number of hydrogen-bond donors (Lipinski definition) is 1. The van der Waals surface area contributed by atoms with Crippen molar-refractivity contribution in [1.29, 1.82) is 0 Å². The number of hydrogen-bond acceptors (Lipinski definition) is 6. The number of nitrogens with zero attached hydrogens (tertiary/aromatic N) is 2. The van der Waals surface area contributed by atoms with Crippen LogP contribution < -0.4 is 5.32 Å². The van der Waals surface area contributed by atoms with Gasteiger partial charge in [0.05, 0.1) is 16.2 Å². The summed E-state index contributed by atoms with van der Waals surface area (Å²) in [4.78, 5) is 27.5. The zero-order valence-corrected chi connectivity index (χ0v) is 13.9. The molecule has 24 heavy (non-hydrogen) atoms. The second-order valence-electron chi connectivity index (χ2n) is 4.82. The van der Waals surface area contributed by atoms with Gasteiger partial charge in [-0.3, -0.25) is 20.2 Å². The lowest BCUT2D eigenvalue weighted by Crippen LogP contribution is -2.10. The Morgan fingerprint density at radius 1 is 1.33 bits per heavy atom. The Bertz CT molecular complexity index is 918. The summed E-state index contributed by atoms with van der Waals surface area (Å²) in [6.45, 7) is 1.85. The fraction of sp³-hybridized carbons (Fsp3) is 0.0667. The maximum absolute atomic E-state index is 13.0. The van der Waals surface area contributed by atoms with E-state index in [2.05, 4.69) is 10.3 Å². The van der Waals surface area contributed by atoms with E-state index in [9.17, 15) is 19.3 Å². The minimum atomic E-state index is -0.540. The molecular formula is C15H10FN3O3S2. The number of carbonyl (C=O) groups excluding carboxylic acids is 1. The Labute approximate surface area is 143 Å². The Morgan fingerprint density at radius 2 is 2.04 bits per heavy atom. The summed E-state index contributed by atoms with van der Waals surface area (Å²) in [6, 6.07) is 7.14. The van der Waals surface area contributed by atoms with Gasteiger partial charge in [0.25, 0.3) is 5.91 Å². The van der Waals surface area contributed by atoms with Crippen LogP contribution in [0.5, 0.6) is 0 Å². The minimum Gasteiger partial charge on any atom is -0.298 e. The van der Waals surface area contributed by atoms with Gasteiger partial charge < -0.3 is 0 Å². The molecule has 0 bridgehead atoms. The van der Waals surface area contributed by atoms with E-state index < -0.39 is 10.8 Å². The van der Waals surface area contributed by atoms with E-state index in [4.69, 9.17) is 0 Å². The molecule has 1 aromatic carbocycles. The molecule has 0 aliphatic heterocycles. The van der Waals surface area contributed by atoms with Crippen LogP contribution in [0.15, 0.2) is 35.7 Å². The first-order chi connectivity index (χ1) is 11.4. The zero-order chi connectivity index (χ0) is 17.3. The van der Waals surface area contributed by atoms with E-state index >= 15 is 0 Å². The molecule has 0 aliphatic carbocycles. The average Bonchev–Trinajstić information content (AvgIpc) is 3.15. The molecule has 0 spiro atoms. The second kappa shape index (κ2) is 6.46. The van der Waals surface area contributed by atoms with E-state index in [0.717, 1.165) is 21.8 Å². The number of thiazole rings is 1. The van der Waals surface area contributed by atoms with Gasteiger partial charge in [-0.2, -0.15) is 0 Å². The smallest absolute Gasteiger partial charge is 0.298 e. The molecule has 0 atom stereocenters. The monoisotopic (exact) mass is 363 g/mol. The van der Waals surface area contributed by atoms with Crippen molar-refractivity contribution in [2.75, 3.05) is 5.32 Å². The lowest BCUT2D eigenvalue weighted by Gasteiger charge is -1.99. The van der Waals surface area contributed by atoms with Crippen LogP contribution in [0.1, 0.15) is 15.2 Å². The third-order valence-corrected chi connectivity index (χ3v) is 4.93. The van der Waals surface area contributed by atoms with Crippen molar-refractivity contribution in [1.82, 2.24) is 4.98 Å². The number of aromatic nitrogens is 1. The van der Waals surface area contributed by atoms with Crippen molar-refractivity contribution in [2.45, 2.75) is 6.92 Å². The second-order valence-corrected chi connectivity index (χ2v) is 6.91. The van der Waals surface area contributed by atoms with Crippen LogP contribution in [0.3, 0.4) is 0 Å². The molecule has 6 nitrogen and oxygen atoms in total. The highest BCUT2D eigenvalue weighted by molar-refractivity contribution is 7.16. The van der Waals surface area contributed by atoms with E-state index in [1.54, 1.807) is 12.1 Å². The molecule has 122 valence electrons. The number of halogens is 1. The Balaban J connectivity index is 1.80. The van der Waals surface area contributed by atoms with Crippen LogP contribution in [0.2, 0.25) is 0 Å². The number of benzene rings is 1. The van der Waals surface area contributed by atoms with Gasteiger partial charge in [-0.1, -0.05) is 11.3 Å². The molecule has 0 fully saturated rings.